The fourth-order valence-electron chi connectivity index (χ4n) is 3.75. The molecule has 162 valence electrons. The molecule has 0 spiro atoms. The maximum absolute atomic E-state index is 12.9. The van der Waals surface area contributed by atoms with Crippen molar-refractivity contribution in [1.82, 2.24) is 14.1 Å². The molecule has 0 aliphatic carbocycles. The van der Waals surface area contributed by atoms with E-state index in [1.165, 1.54) is 43.5 Å². The lowest BCUT2D eigenvalue weighted by Gasteiger charge is -2.45. The summed E-state index contributed by atoms with van der Waals surface area (Å²) in [7, 11) is -3.33. The number of carbonyl (C=O) groups is 1. The van der Waals surface area contributed by atoms with Crippen LogP contribution >= 0.6 is 0 Å². The fraction of sp³-hybridized carbons (Fsp3) is 0.650. The van der Waals surface area contributed by atoms with Crippen LogP contribution in [-0.2, 0) is 14.8 Å². The standard InChI is InChI=1S/C20H30FN3O4S/c1-2-29(26,27)24(13-12-22-10-4-3-5-11-22)18-14-23(15-18)20(25)16-28-19-8-6-17(21)7-9-19/h6-9,18H,2-5,10-16H2,1H3. The van der Waals surface area contributed by atoms with Crippen molar-refractivity contribution in [3.8, 4) is 5.75 Å². The molecule has 7 nitrogen and oxygen atoms in total. The van der Waals surface area contributed by atoms with Gasteiger partial charge in [0.15, 0.2) is 6.61 Å². The number of hydrogen-bond acceptors (Lipinski definition) is 5. The Labute approximate surface area is 172 Å². The van der Waals surface area contributed by atoms with Crippen molar-refractivity contribution < 1.29 is 22.3 Å². The predicted octanol–water partition coefficient (Wildman–Crippen LogP) is 1.55. The molecule has 29 heavy (non-hydrogen) atoms. The maximum Gasteiger partial charge on any atom is 0.260 e. The van der Waals surface area contributed by atoms with Gasteiger partial charge in [0.25, 0.3) is 5.91 Å². The van der Waals surface area contributed by atoms with E-state index in [2.05, 4.69) is 4.90 Å². The molecule has 0 N–H and O–H groups in total. The molecule has 0 aromatic heterocycles. The monoisotopic (exact) mass is 427 g/mol. The van der Waals surface area contributed by atoms with Crippen LogP contribution in [0, 0.1) is 5.82 Å². The lowest BCUT2D eigenvalue weighted by atomic mass is 10.1. The van der Waals surface area contributed by atoms with Crippen molar-refractivity contribution in [1.29, 1.82) is 0 Å². The summed E-state index contributed by atoms with van der Waals surface area (Å²) in [6.45, 7) is 5.52. The van der Waals surface area contributed by atoms with Crippen LogP contribution < -0.4 is 4.74 Å². The zero-order chi connectivity index (χ0) is 20.9. The highest BCUT2D eigenvalue weighted by Crippen LogP contribution is 2.20. The molecule has 2 fully saturated rings. The highest BCUT2D eigenvalue weighted by atomic mass is 32.2. The van der Waals surface area contributed by atoms with Gasteiger partial charge in [0.05, 0.1) is 11.8 Å². The van der Waals surface area contributed by atoms with E-state index < -0.39 is 10.0 Å². The van der Waals surface area contributed by atoms with Gasteiger partial charge < -0.3 is 14.5 Å². The molecule has 3 rings (SSSR count). The molecule has 1 aromatic carbocycles. The normalized spacial score (nSPS) is 18.7. The third kappa shape index (κ3) is 5.90. The van der Waals surface area contributed by atoms with E-state index in [0.29, 0.717) is 25.4 Å². The Morgan fingerprint density at radius 2 is 1.83 bits per heavy atom. The molecular formula is C20H30FN3O4S. The maximum atomic E-state index is 12.9. The van der Waals surface area contributed by atoms with E-state index in [-0.39, 0.29) is 30.1 Å². The van der Waals surface area contributed by atoms with E-state index in [1.807, 2.05) is 0 Å². The lowest BCUT2D eigenvalue weighted by molar-refractivity contribution is -0.139. The van der Waals surface area contributed by atoms with Gasteiger partial charge in [-0.15, -0.1) is 0 Å². The number of nitrogens with zero attached hydrogens (tertiary/aromatic N) is 3. The Hall–Kier alpha value is -1.71. The summed E-state index contributed by atoms with van der Waals surface area (Å²) in [5, 5.41) is 0. The first kappa shape index (κ1) is 22.0. The third-order valence-electron chi connectivity index (χ3n) is 5.61. The van der Waals surface area contributed by atoms with E-state index in [0.717, 1.165) is 19.6 Å². The van der Waals surface area contributed by atoms with Gasteiger partial charge in [-0.2, -0.15) is 4.31 Å². The molecule has 2 aliphatic heterocycles. The molecule has 2 aliphatic rings. The SMILES string of the molecule is CCS(=O)(=O)N(CCN1CCCCC1)C1CN(C(=O)COc2ccc(F)cc2)C1. The number of halogens is 1. The zero-order valence-electron chi connectivity index (χ0n) is 16.9. The van der Waals surface area contributed by atoms with Crippen LogP contribution in [0.4, 0.5) is 4.39 Å². The summed E-state index contributed by atoms with van der Waals surface area (Å²) in [5.74, 6) is -0.0782. The number of ether oxygens (including phenoxy) is 1. The number of hydrogen-bond donors (Lipinski definition) is 0. The predicted molar refractivity (Wildman–Crippen MR) is 109 cm³/mol. The Balaban J connectivity index is 1.49. The summed E-state index contributed by atoms with van der Waals surface area (Å²) < 4.78 is 45.0. The Kier molecular flexibility index (Phi) is 7.48. The second kappa shape index (κ2) is 9.86. The Morgan fingerprint density at radius 3 is 2.45 bits per heavy atom. The van der Waals surface area contributed by atoms with Crippen molar-refractivity contribution in [2.45, 2.75) is 32.2 Å². The average molecular weight is 428 g/mol. The van der Waals surface area contributed by atoms with Crippen molar-refractivity contribution in [2.75, 3.05) is 51.6 Å². The molecule has 2 heterocycles. The molecule has 1 aromatic rings. The molecule has 0 bridgehead atoms. The van der Waals surface area contributed by atoms with Crippen LogP contribution in [0.3, 0.4) is 0 Å². The molecule has 0 saturated carbocycles. The number of carbonyl (C=O) groups excluding carboxylic acids is 1. The van der Waals surface area contributed by atoms with Crippen LogP contribution in [0.25, 0.3) is 0 Å². The minimum atomic E-state index is -3.33. The smallest absolute Gasteiger partial charge is 0.260 e. The van der Waals surface area contributed by atoms with Crippen LogP contribution in [0.15, 0.2) is 24.3 Å². The van der Waals surface area contributed by atoms with Crippen molar-refractivity contribution in [3.63, 3.8) is 0 Å². The first-order valence-corrected chi connectivity index (χ1v) is 11.9. The molecule has 0 radical (unpaired) electrons. The van der Waals surface area contributed by atoms with Crippen molar-refractivity contribution >= 4 is 15.9 Å². The number of piperidine rings is 1. The highest BCUT2D eigenvalue weighted by Gasteiger charge is 2.39. The van der Waals surface area contributed by atoms with Gasteiger partial charge in [-0.1, -0.05) is 6.42 Å². The van der Waals surface area contributed by atoms with Crippen LogP contribution in [-0.4, -0.2) is 86.1 Å². The Morgan fingerprint density at radius 1 is 1.17 bits per heavy atom. The van der Waals surface area contributed by atoms with Crippen molar-refractivity contribution in [3.05, 3.63) is 30.1 Å². The quantitative estimate of drug-likeness (QED) is 0.598. The topological polar surface area (TPSA) is 70.2 Å². The van der Waals surface area contributed by atoms with Crippen LogP contribution in [0.2, 0.25) is 0 Å². The van der Waals surface area contributed by atoms with E-state index in [9.17, 15) is 17.6 Å². The summed E-state index contributed by atoms with van der Waals surface area (Å²) >= 11 is 0. The van der Waals surface area contributed by atoms with Gasteiger partial charge in [0.1, 0.15) is 11.6 Å². The third-order valence-corrected chi connectivity index (χ3v) is 7.53. The zero-order valence-corrected chi connectivity index (χ0v) is 17.7. The molecule has 2 saturated heterocycles. The minimum absolute atomic E-state index is 0.0606. The van der Waals surface area contributed by atoms with Gasteiger partial charge in [-0.25, -0.2) is 12.8 Å². The van der Waals surface area contributed by atoms with Gasteiger partial charge in [0.2, 0.25) is 10.0 Å². The average Bonchev–Trinajstić information content (AvgIpc) is 2.69. The first-order valence-electron chi connectivity index (χ1n) is 10.3. The van der Waals surface area contributed by atoms with Crippen LogP contribution in [0.1, 0.15) is 26.2 Å². The van der Waals surface area contributed by atoms with E-state index in [1.54, 1.807) is 16.1 Å². The molecule has 0 unspecified atom stereocenters. The van der Waals surface area contributed by atoms with Gasteiger partial charge in [0, 0.05) is 26.2 Å². The molecule has 1 amide bonds. The van der Waals surface area contributed by atoms with E-state index in [4.69, 9.17) is 4.74 Å². The number of rotatable bonds is 9. The van der Waals surface area contributed by atoms with Crippen LogP contribution in [0.5, 0.6) is 5.75 Å². The summed E-state index contributed by atoms with van der Waals surface area (Å²) in [4.78, 5) is 16.2. The molecular weight excluding hydrogens is 397 g/mol. The van der Waals surface area contributed by atoms with Gasteiger partial charge >= 0.3 is 0 Å². The summed E-state index contributed by atoms with van der Waals surface area (Å²) in [6.07, 6.45) is 3.58. The second-order valence-corrected chi connectivity index (χ2v) is 9.82. The minimum Gasteiger partial charge on any atom is -0.484 e. The first-order chi connectivity index (χ1) is 13.9. The summed E-state index contributed by atoms with van der Waals surface area (Å²) in [6, 6.07) is 5.31. The number of sulfonamides is 1. The summed E-state index contributed by atoms with van der Waals surface area (Å²) in [5.41, 5.74) is 0. The van der Waals surface area contributed by atoms with Gasteiger partial charge in [-0.3, -0.25) is 4.79 Å². The largest absolute Gasteiger partial charge is 0.484 e. The Bertz CT molecular complexity index is 775. The number of benzene rings is 1. The molecule has 0 atom stereocenters. The number of amides is 1. The fourth-order valence-corrected chi connectivity index (χ4v) is 5.02. The van der Waals surface area contributed by atoms with Crippen molar-refractivity contribution in [2.24, 2.45) is 0 Å². The highest BCUT2D eigenvalue weighted by molar-refractivity contribution is 7.89. The van der Waals surface area contributed by atoms with E-state index >= 15 is 0 Å². The van der Waals surface area contributed by atoms with Gasteiger partial charge in [-0.05, 0) is 57.1 Å². The lowest BCUT2D eigenvalue weighted by Crippen LogP contribution is -2.63. The second-order valence-electron chi connectivity index (χ2n) is 7.61. The molecule has 9 heteroatoms. The number of likely N-dealkylation sites (tertiary alicyclic amines) is 2.